The van der Waals surface area contributed by atoms with Crippen molar-refractivity contribution in [1.29, 1.82) is 0 Å². The van der Waals surface area contributed by atoms with Crippen molar-refractivity contribution in [3.63, 3.8) is 0 Å². The van der Waals surface area contributed by atoms with Gasteiger partial charge in [-0.05, 0) is 25.1 Å². The Morgan fingerprint density at radius 1 is 1.13 bits per heavy atom. The van der Waals surface area contributed by atoms with E-state index in [9.17, 15) is 4.79 Å². The van der Waals surface area contributed by atoms with Crippen molar-refractivity contribution < 1.29 is 9.21 Å². The first-order valence-electron chi connectivity index (χ1n) is 6.99. The van der Waals surface area contributed by atoms with Gasteiger partial charge in [0.15, 0.2) is 5.78 Å². The van der Waals surface area contributed by atoms with Crippen LogP contribution in [0.1, 0.15) is 17.3 Å². The zero-order valence-corrected chi connectivity index (χ0v) is 13.8. The van der Waals surface area contributed by atoms with Crippen LogP contribution in [0.2, 0.25) is 5.02 Å². The molecular weight excluding hydrogens is 332 g/mol. The van der Waals surface area contributed by atoms with Crippen molar-refractivity contribution in [2.45, 2.75) is 17.4 Å². The van der Waals surface area contributed by atoms with Crippen LogP contribution in [0.15, 0.2) is 64.2 Å². The molecule has 0 aliphatic heterocycles. The summed E-state index contributed by atoms with van der Waals surface area (Å²) >= 11 is 7.20. The minimum Gasteiger partial charge on any atom is -0.411 e. The van der Waals surface area contributed by atoms with Gasteiger partial charge in [0.05, 0.1) is 5.25 Å². The molecule has 0 fully saturated rings. The number of carbonyl (C=O) groups excluding carboxylic acids is 1. The van der Waals surface area contributed by atoms with Crippen LogP contribution < -0.4 is 0 Å². The Balaban J connectivity index is 1.73. The van der Waals surface area contributed by atoms with Gasteiger partial charge in [-0.15, -0.1) is 10.2 Å². The quantitative estimate of drug-likeness (QED) is 0.493. The summed E-state index contributed by atoms with van der Waals surface area (Å²) in [6, 6.07) is 16.3. The summed E-state index contributed by atoms with van der Waals surface area (Å²) in [4.78, 5) is 12.3. The number of thioether (sulfide) groups is 1. The van der Waals surface area contributed by atoms with Gasteiger partial charge in [0, 0.05) is 16.1 Å². The van der Waals surface area contributed by atoms with E-state index >= 15 is 0 Å². The Hall–Kier alpha value is -2.11. The monoisotopic (exact) mass is 344 g/mol. The first-order chi connectivity index (χ1) is 11.1. The number of ketones is 1. The highest BCUT2D eigenvalue weighted by Crippen LogP contribution is 2.28. The number of aromatic nitrogens is 2. The number of hydrogen-bond acceptors (Lipinski definition) is 5. The van der Waals surface area contributed by atoms with E-state index in [4.69, 9.17) is 16.0 Å². The first kappa shape index (κ1) is 15.8. The standard InChI is InChI=1S/C17H13ClN2O2S/c1-11(15(21)12-6-3-2-4-7-12)23-17-20-19-16(22-17)13-8-5-9-14(18)10-13/h2-11H,1H3. The molecule has 0 N–H and O–H groups in total. The van der Waals surface area contributed by atoms with E-state index in [2.05, 4.69) is 10.2 Å². The lowest BCUT2D eigenvalue weighted by atomic mass is 10.1. The van der Waals surface area contributed by atoms with Gasteiger partial charge in [-0.2, -0.15) is 0 Å². The highest BCUT2D eigenvalue weighted by molar-refractivity contribution is 8.00. The van der Waals surface area contributed by atoms with Crippen LogP contribution in [0, 0.1) is 0 Å². The van der Waals surface area contributed by atoms with E-state index in [1.54, 1.807) is 24.3 Å². The van der Waals surface area contributed by atoms with Crippen molar-refractivity contribution in [2.75, 3.05) is 0 Å². The highest BCUT2D eigenvalue weighted by atomic mass is 35.5. The topological polar surface area (TPSA) is 56.0 Å². The van der Waals surface area contributed by atoms with Gasteiger partial charge in [0.1, 0.15) is 0 Å². The second kappa shape index (κ2) is 6.98. The van der Waals surface area contributed by atoms with Gasteiger partial charge in [-0.1, -0.05) is 59.8 Å². The zero-order chi connectivity index (χ0) is 16.2. The number of hydrogen-bond donors (Lipinski definition) is 0. The number of carbonyl (C=O) groups is 1. The van der Waals surface area contributed by atoms with Crippen molar-refractivity contribution >= 4 is 29.1 Å². The molecule has 0 aliphatic carbocycles. The number of rotatable bonds is 5. The summed E-state index contributed by atoms with van der Waals surface area (Å²) < 4.78 is 5.61. The maximum atomic E-state index is 12.3. The summed E-state index contributed by atoms with van der Waals surface area (Å²) in [6.07, 6.45) is 0. The Labute approximate surface area is 142 Å². The van der Waals surface area contributed by atoms with E-state index in [1.165, 1.54) is 11.8 Å². The molecular formula is C17H13ClN2O2S. The molecule has 0 aliphatic rings. The summed E-state index contributed by atoms with van der Waals surface area (Å²) in [6.45, 7) is 1.82. The molecule has 116 valence electrons. The molecule has 3 aromatic rings. The van der Waals surface area contributed by atoms with Crippen LogP contribution in [-0.4, -0.2) is 21.2 Å². The normalized spacial score (nSPS) is 12.1. The van der Waals surface area contributed by atoms with E-state index in [-0.39, 0.29) is 11.0 Å². The molecule has 4 nitrogen and oxygen atoms in total. The predicted octanol–water partition coefficient (Wildman–Crippen LogP) is 4.75. The fraction of sp³-hybridized carbons (Fsp3) is 0.118. The van der Waals surface area contributed by atoms with Crippen LogP contribution in [0.25, 0.3) is 11.5 Å². The summed E-state index contributed by atoms with van der Waals surface area (Å²) in [5, 5.41) is 8.64. The third kappa shape index (κ3) is 3.81. The average Bonchev–Trinajstić information content (AvgIpc) is 3.03. The smallest absolute Gasteiger partial charge is 0.277 e. The van der Waals surface area contributed by atoms with E-state index in [0.29, 0.717) is 21.7 Å². The lowest BCUT2D eigenvalue weighted by Gasteiger charge is -2.06. The van der Waals surface area contributed by atoms with E-state index in [1.807, 2.05) is 37.3 Å². The third-order valence-electron chi connectivity index (χ3n) is 3.18. The van der Waals surface area contributed by atoms with Crippen LogP contribution in [0.3, 0.4) is 0 Å². The summed E-state index contributed by atoms with van der Waals surface area (Å²) in [5.74, 6) is 0.410. The largest absolute Gasteiger partial charge is 0.411 e. The maximum Gasteiger partial charge on any atom is 0.277 e. The van der Waals surface area contributed by atoms with Crippen molar-refractivity contribution in [3.8, 4) is 11.5 Å². The fourth-order valence-corrected chi connectivity index (χ4v) is 2.99. The molecule has 0 radical (unpaired) electrons. The van der Waals surface area contributed by atoms with Gasteiger partial charge < -0.3 is 4.42 Å². The van der Waals surface area contributed by atoms with Crippen molar-refractivity contribution in [3.05, 3.63) is 65.2 Å². The molecule has 6 heteroatoms. The second-order valence-electron chi connectivity index (χ2n) is 4.87. The summed E-state index contributed by atoms with van der Waals surface area (Å²) in [5.41, 5.74) is 1.42. The van der Waals surface area contributed by atoms with Crippen LogP contribution in [0.4, 0.5) is 0 Å². The fourth-order valence-electron chi connectivity index (χ4n) is 2.04. The average molecular weight is 345 g/mol. The molecule has 1 atom stereocenters. The van der Waals surface area contributed by atoms with Crippen LogP contribution in [-0.2, 0) is 0 Å². The Kier molecular flexibility index (Phi) is 4.79. The third-order valence-corrected chi connectivity index (χ3v) is 4.35. The number of benzene rings is 2. The molecule has 1 unspecified atom stereocenters. The van der Waals surface area contributed by atoms with Crippen molar-refractivity contribution in [2.24, 2.45) is 0 Å². The first-order valence-corrected chi connectivity index (χ1v) is 8.24. The molecule has 2 aromatic carbocycles. The van der Waals surface area contributed by atoms with Gasteiger partial charge in [-0.3, -0.25) is 4.79 Å². The number of nitrogens with zero attached hydrogens (tertiary/aromatic N) is 2. The molecule has 0 saturated carbocycles. The molecule has 1 aromatic heterocycles. The summed E-state index contributed by atoms with van der Waals surface area (Å²) in [7, 11) is 0. The molecule has 1 heterocycles. The highest BCUT2D eigenvalue weighted by Gasteiger charge is 2.19. The van der Waals surface area contributed by atoms with Gasteiger partial charge in [0.2, 0.25) is 5.89 Å². The predicted molar refractivity (Wildman–Crippen MR) is 90.8 cm³/mol. The molecule has 3 rings (SSSR count). The lowest BCUT2D eigenvalue weighted by molar-refractivity contribution is 0.0993. The molecule has 0 saturated heterocycles. The van der Waals surface area contributed by atoms with Crippen molar-refractivity contribution in [1.82, 2.24) is 10.2 Å². The van der Waals surface area contributed by atoms with E-state index in [0.717, 1.165) is 5.56 Å². The molecule has 0 spiro atoms. The van der Waals surface area contributed by atoms with Gasteiger partial charge in [-0.25, -0.2) is 0 Å². The Bertz CT molecular complexity index is 820. The molecule has 23 heavy (non-hydrogen) atoms. The minimum absolute atomic E-state index is 0.0260. The van der Waals surface area contributed by atoms with Crippen LogP contribution in [0.5, 0.6) is 0 Å². The second-order valence-corrected chi connectivity index (χ2v) is 6.60. The van der Waals surface area contributed by atoms with E-state index < -0.39 is 0 Å². The number of Topliss-reactive ketones (excluding diaryl/α,β-unsaturated/α-hetero) is 1. The molecule has 0 amide bonds. The maximum absolute atomic E-state index is 12.3. The number of halogens is 1. The van der Waals surface area contributed by atoms with Gasteiger partial charge >= 0.3 is 0 Å². The lowest BCUT2D eigenvalue weighted by Crippen LogP contribution is -2.13. The van der Waals surface area contributed by atoms with Gasteiger partial charge in [0.25, 0.3) is 5.22 Å². The minimum atomic E-state index is -0.315. The van der Waals surface area contributed by atoms with Crippen LogP contribution >= 0.6 is 23.4 Å². The SMILES string of the molecule is CC(Sc1nnc(-c2cccc(Cl)c2)o1)C(=O)c1ccccc1. The Morgan fingerprint density at radius 2 is 1.91 bits per heavy atom. The zero-order valence-electron chi connectivity index (χ0n) is 12.3. The Morgan fingerprint density at radius 3 is 2.65 bits per heavy atom. The molecule has 0 bridgehead atoms.